The van der Waals surface area contributed by atoms with E-state index in [-0.39, 0.29) is 0 Å². The van der Waals surface area contributed by atoms with Crippen molar-refractivity contribution in [2.75, 3.05) is 33.9 Å². The first-order chi connectivity index (χ1) is 6.07. The highest BCUT2D eigenvalue weighted by Gasteiger charge is 2.09. The van der Waals surface area contributed by atoms with Gasteiger partial charge < -0.3 is 21.1 Å². The standard InChI is InChI=1S/C8H19N3O2/c1-11(5-6-13-2)4-3-7(9)8(10)12/h7H,3-6,9H2,1-2H3,(H2,10,12). The molecule has 0 bridgehead atoms. The number of primary amides is 1. The van der Waals surface area contributed by atoms with Crippen LogP contribution >= 0.6 is 0 Å². The lowest BCUT2D eigenvalue weighted by atomic mass is 10.2. The first-order valence-electron chi connectivity index (χ1n) is 4.30. The number of carbonyl (C=O) groups is 1. The van der Waals surface area contributed by atoms with Gasteiger partial charge in [-0.25, -0.2) is 0 Å². The molecule has 0 aromatic rings. The minimum Gasteiger partial charge on any atom is -0.383 e. The molecule has 1 atom stereocenters. The number of likely N-dealkylation sites (N-methyl/N-ethyl adjacent to an activating group) is 1. The monoisotopic (exact) mass is 189 g/mol. The lowest BCUT2D eigenvalue weighted by Crippen LogP contribution is -2.39. The lowest BCUT2D eigenvalue weighted by molar-refractivity contribution is -0.119. The molecule has 0 saturated carbocycles. The predicted octanol–water partition coefficient (Wildman–Crippen LogP) is -1.23. The average Bonchev–Trinajstić information content (AvgIpc) is 2.10. The van der Waals surface area contributed by atoms with Crippen molar-refractivity contribution in [1.29, 1.82) is 0 Å². The Morgan fingerprint density at radius 2 is 2.15 bits per heavy atom. The van der Waals surface area contributed by atoms with E-state index in [9.17, 15) is 4.79 Å². The molecule has 0 heterocycles. The molecule has 0 spiro atoms. The smallest absolute Gasteiger partial charge is 0.234 e. The van der Waals surface area contributed by atoms with Crippen LogP contribution in [-0.4, -0.2) is 50.7 Å². The summed E-state index contributed by atoms with van der Waals surface area (Å²) in [6.07, 6.45) is 0.593. The van der Waals surface area contributed by atoms with Crippen LogP contribution in [0.4, 0.5) is 0 Å². The summed E-state index contributed by atoms with van der Waals surface area (Å²) in [6, 6.07) is -0.537. The summed E-state index contributed by atoms with van der Waals surface area (Å²) in [5.74, 6) is -0.444. The zero-order valence-electron chi connectivity index (χ0n) is 8.32. The SMILES string of the molecule is COCCN(C)CCC(N)C(N)=O. The van der Waals surface area contributed by atoms with Crippen LogP contribution in [0.25, 0.3) is 0 Å². The van der Waals surface area contributed by atoms with Crippen molar-refractivity contribution in [2.45, 2.75) is 12.5 Å². The second kappa shape index (κ2) is 6.82. The highest BCUT2D eigenvalue weighted by atomic mass is 16.5. The van der Waals surface area contributed by atoms with Crippen LogP contribution in [0.3, 0.4) is 0 Å². The minimum absolute atomic E-state index is 0.444. The van der Waals surface area contributed by atoms with Crippen molar-refractivity contribution in [3.63, 3.8) is 0 Å². The summed E-state index contributed by atoms with van der Waals surface area (Å²) in [4.78, 5) is 12.6. The molecule has 0 saturated heterocycles. The number of hydrogen-bond donors (Lipinski definition) is 2. The number of methoxy groups -OCH3 is 1. The summed E-state index contributed by atoms with van der Waals surface area (Å²) in [7, 11) is 3.61. The zero-order chi connectivity index (χ0) is 10.3. The van der Waals surface area contributed by atoms with E-state index in [1.165, 1.54) is 0 Å². The van der Waals surface area contributed by atoms with E-state index in [1.54, 1.807) is 7.11 Å². The van der Waals surface area contributed by atoms with E-state index in [0.717, 1.165) is 13.1 Å². The van der Waals surface area contributed by atoms with Gasteiger partial charge in [-0.3, -0.25) is 4.79 Å². The lowest BCUT2D eigenvalue weighted by Gasteiger charge is -2.17. The van der Waals surface area contributed by atoms with Gasteiger partial charge in [0.25, 0.3) is 0 Å². The second-order valence-electron chi connectivity index (χ2n) is 3.09. The molecule has 4 N–H and O–H groups in total. The van der Waals surface area contributed by atoms with Crippen molar-refractivity contribution in [1.82, 2.24) is 4.90 Å². The first kappa shape index (κ1) is 12.3. The molecule has 5 heteroatoms. The van der Waals surface area contributed by atoms with Gasteiger partial charge in [-0.05, 0) is 20.0 Å². The Kier molecular flexibility index (Phi) is 6.48. The number of hydrogen-bond acceptors (Lipinski definition) is 4. The quantitative estimate of drug-likeness (QED) is 0.525. The summed E-state index contributed by atoms with van der Waals surface area (Å²) in [5, 5.41) is 0. The number of rotatable bonds is 7. The van der Waals surface area contributed by atoms with Crippen LogP contribution in [0.2, 0.25) is 0 Å². The highest BCUT2D eigenvalue weighted by molar-refractivity contribution is 5.79. The maximum atomic E-state index is 10.6. The fraction of sp³-hybridized carbons (Fsp3) is 0.875. The second-order valence-corrected chi connectivity index (χ2v) is 3.09. The minimum atomic E-state index is -0.537. The Bertz CT molecular complexity index is 152. The maximum absolute atomic E-state index is 10.6. The average molecular weight is 189 g/mol. The molecule has 1 unspecified atom stereocenters. The van der Waals surface area contributed by atoms with Gasteiger partial charge in [0.1, 0.15) is 0 Å². The van der Waals surface area contributed by atoms with Crippen LogP contribution in [0, 0.1) is 0 Å². The van der Waals surface area contributed by atoms with E-state index in [2.05, 4.69) is 0 Å². The maximum Gasteiger partial charge on any atom is 0.234 e. The summed E-state index contributed by atoms with van der Waals surface area (Å²) in [6.45, 7) is 2.28. The molecule has 0 radical (unpaired) electrons. The van der Waals surface area contributed by atoms with E-state index < -0.39 is 11.9 Å². The summed E-state index contributed by atoms with van der Waals surface area (Å²) >= 11 is 0. The molecule has 78 valence electrons. The van der Waals surface area contributed by atoms with Gasteiger partial charge in [-0.15, -0.1) is 0 Å². The molecule has 1 amide bonds. The third kappa shape index (κ3) is 6.51. The van der Waals surface area contributed by atoms with Gasteiger partial charge in [0.2, 0.25) is 5.91 Å². The molecular formula is C8H19N3O2. The van der Waals surface area contributed by atoms with Crippen molar-refractivity contribution in [3.8, 4) is 0 Å². The Morgan fingerprint density at radius 3 is 2.62 bits per heavy atom. The van der Waals surface area contributed by atoms with Crippen LogP contribution in [0.5, 0.6) is 0 Å². The van der Waals surface area contributed by atoms with Gasteiger partial charge in [-0.1, -0.05) is 0 Å². The molecule has 0 aliphatic heterocycles. The Hall–Kier alpha value is -0.650. The fourth-order valence-corrected chi connectivity index (χ4v) is 0.861. The van der Waals surface area contributed by atoms with Crippen molar-refractivity contribution < 1.29 is 9.53 Å². The van der Waals surface area contributed by atoms with Gasteiger partial charge in [0.05, 0.1) is 12.6 Å². The van der Waals surface area contributed by atoms with Crippen molar-refractivity contribution in [3.05, 3.63) is 0 Å². The molecule has 0 aromatic carbocycles. The van der Waals surface area contributed by atoms with Gasteiger partial charge in [0.15, 0.2) is 0 Å². The highest BCUT2D eigenvalue weighted by Crippen LogP contribution is 1.91. The third-order valence-electron chi connectivity index (χ3n) is 1.86. The largest absolute Gasteiger partial charge is 0.383 e. The van der Waals surface area contributed by atoms with Crippen LogP contribution in [0.15, 0.2) is 0 Å². The van der Waals surface area contributed by atoms with Gasteiger partial charge in [0, 0.05) is 13.7 Å². The van der Waals surface area contributed by atoms with E-state index in [1.807, 2.05) is 11.9 Å². The number of ether oxygens (including phenoxy) is 1. The van der Waals surface area contributed by atoms with Crippen molar-refractivity contribution in [2.24, 2.45) is 11.5 Å². The van der Waals surface area contributed by atoms with Crippen molar-refractivity contribution >= 4 is 5.91 Å². The van der Waals surface area contributed by atoms with Gasteiger partial charge in [-0.2, -0.15) is 0 Å². The van der Waals surface area contributed by atoms with Crippen LogP contribution < -0.4 is 11.5 Å². The Labute approximate surface area is 79.0 Å². The zero-order valence-corrected chi connectivity index (χ0v) is 8.32. The number of carbonyl (C=O) groups excluding carboxylic acids is 1. The normalized spacial score (nSPS) is 13.2. The Balaban J connectivity index is 3.45. The van der Waals surface area contributed by atoms with E-state index in [0.29, 0.717) is 13.0 Å². The van der Waals surface area contributed by atoms with E-state index in [4.69, 9.17) is 16.2 Å². The molecule has 0 aromatic heterocycles. The first-order valence-corrected chi connectivity index (χ1v) is 4.30. The molecular weight excluding hydrogens is 170 g/mol. The van der Waals surface area contributed by atoms with Crippen LogP contribution in [0.1, 0.15) is 6.42 Å². The predicted molar refractivity (Wildman–Crippen MR) is 51.2 cm³/mol. The Morgan fingerprint density at radius 1 is 1.54 bits per heavy atom. The molecule has 0 fully saturated rings. The molecule has 0 aliphatic rings. The molecule has 0 aliphatic carbocycles. The fourth-order valence-electron chi connectivity index (χ4n) is 0.861. The molecule has 13 heavy (non-hydrogen) atoms. The van der Waals surface area contributed by atoms with E-state index >= 15 is 0 Å². The number of nitrogens with zero attached hydrogens (tertiary/aromatic N) is 1. The van der Waals surface area contributed by atoms with Gasteiger partial charge >= 0.3 is 0 Å². The number of nitrogens with two attached hydrogens (primary N) is 2. The third-order valence-corrected chi connectivity index (χ3v) is 1.86. The van der Waals surface area contributed by atoms with Crippen LogP contribution in [-0.2, 0) is 9.53 Å². The molecule has 5 nitrogen and oxygen atoms in total. The number of amides is 1. The topological polar surface area (TPSA) is 81.6 Å². The summed E-state index contributed by atoms with van der Waals surface area (Å²) < 4.78 is 4.90. The molecule has 0 rings (SSSR count). The summed E-state index contributed by atoms with van der Waals surface area (Å²) in [5.41, 5.74) is 10.5.